The summed E-state index contributed by atoms with van der Waals surface area (Å²) >= 11 is 0. The van der Waals surface area contributed by atoms with E-state index in [0.29, 0.717) is 31.5 Å². The summed E-state index contributed by atoms with van der Waals surface area (Å²) in [6, 6.07) is 8.46. The lowest BCUT2D eigenvalue weighted by Gasteiger charge is -2.21. The lowest BCUT2D eigenvalue weighted by Crippen LogP contribution is -2.35. The predicted octanol–water partition coefficient (Wildman–Crippen LogP) is 1.99. The smallest absolute Gasteiger partial charge is 0.224 e. The number of benzene rings is 1. The van der Waals surface area contributed by atoms with Gasteiger partial charge in [0, 0.05) is 31.2 Å². The second-order valence-electron chi connectivity index (χ2n) is 5.72. The van der Waals surface area contributed by atoms with Crippen LogP contribution in [0.1, 0.15) is 25.3 Å². The summed E-state index contributed by atoms with van der Waals surface area (Å²) in [5.74, 6) is 0.702. The number of para-hydroxylation sites is 1. The molecule has 2 rings (SSSR count). The standard InChI is InChI=1S/C16H25N3O/c1-12-5-3-4-6-15(12)18-8-7-16(20)19-11-14(10-17)9-13(19)2/h3-6,13-14,18H,7-11,17H2,1-2H3. The second kappa shape index (κ2) is 6.75. The van der Waals surface area contributed by atoms with E-state index in [9.17, 15) is 4.79 Å². The Kier molecular flexibility index (Phi) is 5.01. The molecule has 2 unspecified atom stereocenters. The summed E-state index contributed by atoms with van der Waals surface area (Å²) in [6.07, 6.45) is 1.57. The second-order valence-corrected chi connectivity index (χ2v) is 5.72. The van der Waals surface area contributed by atoms with E-state index in [0.717, 1.165) is 18.7 Å². The van der Waals surface area contributed by atoms with E-state index in [1.165, 1.54) is 5.56 Å². The van der Waals surface area contributed by atoms with E-state index in [2.05, 4.69) is 25.2 Å². The van der Waals surface area contributed by atoms with Crippen molar-refractivity contribution in [2.45, 2.75) is 32.7 Å². The summed E-state index contributed by atoms with van der Waals surface area (Å²) in [5.41, 5.74) is 8.01. The summed E-state index contributed by atoms with van der Waals surface area (Å²) in [5, 5.41) is 3.34. The molecule has 0 aromatic heterocycles. The van der Waals surface area contributed by atoms with Crippen LogP contribution in [0.4, 0.5) is 5.69 Å². The van der Waals surface area contributed by atoms with Crippen LogP contribution in [0.15, 0.2) is 24.3 Å². The molecule has 0 spiro atoms. The van der Waals surface area contributed by atoms with Gasteiger partial charge in [0.05, 0.1) is 0 Å². The minimum absolute atomic E-state index is 0.231. The van der Waals surface area contributed by atoms with Crippen molar-refractivity contribution in [1.29, 1.82) is 0 Å². The number of nitrogens with two attached hydrogens (primary N) is 1. The third kappa shape index (κ3) is 3.51. The van der Waals surface area contributed by atoms with Crippen LogP contribution < -0.4 is 11.1 Å². The van der Waals surface area contributed by atoms with E-state index in [-0.39, 0.29) is 5.91 Å². The highest BCUT2D eigenvalue weighted by Crippen LogP contribution is 2.22. The molecule has 1 aliphatic rings. The van der Waals surface area contributed by atoms with Crippen molar-refractivity contribution >= 4 is 11.6 Å². The molecule has 1 fully saturated rings. The molecule has 2 atom stereocenters. The van der Waals surface area contributed by atoms with Crippen LogP contribution in [0, 0.1) is 12.8 Å². The van der Waals surface area contributed by atoms with Crippen LogP contribution >= 0.6 is 0 Å². The number of nitrogens with zero attached hydrogens (tertiary/aromatic N) is 1. The van der Waals surface area contributed by atoms with Crippen LogP contribution in [-0.2, 0) is 4.79 Å². The SMILES string of the molecule is Cc1ccccc1NCCC(=O)N1CC(CN)CC1C. The molecule has 20 heavy (non-hydrogen) atoms. The third-order valence-electron chi connectivity index (χ3n) is 4.11. The normalized spacial score (nSPS) is 22.1. The molecule has 0 radical (unpaired) electrons. The average Bonchev–Trinajstić information content (AvgIpc) is 2.82. The van der Waals surface area contributed by atoms with Crippen LogP contribution in [0.25, 0.3) is 0 Å². The number of carbonyl (C=O) groups is 1. The molecule has 0 bridgehead atoms. The van der Waals surface area contributed by atoms with Crippen molar-refractivity contribution in [2.75, 3.05) is 25.0 Å². The van der Waals surface area contributed by atoms with Crippen LogP contribution in [-0.4, -0.2) is 36.5 Å². The Labute approximate surface area is 121 Å². The number of hydrogen-bond donors (Lipinski definition) is 2. The number of amides is 1. The maximum absolute atomic E-state index is 12.2. The Hall–Kier alpha value is -1.55. The summed E-state index contributed by atoms with van der Waals surface area (Å²) in [7, 11) is 0. The van der Waals surface area contributed by atoms with Gasteiger partial charge in [-0.3, -0.25) is 4.79 Å². The van der Waals surface area contributed by atoms with Crippen molar-refractivity contribution in [2.24, 2.45) is 11.7 Å². The van der Waals surface area contributed by atoms with Crippen molar-refractivity contribution in [3.63, 3.8) is 0 Å². The van der Waals surface area contributed by atoms with Gasteiger partial charge in [-0.25, -0.2) is 0 Å². The average molecular weight is 275 g/mol. The lowest BCUT2D eigenvalue weighted by molar-refractivity contribution is -0.131. The number of carbonyl (C=O) groups excluding carboxylic acids is 1. The Morgan fingerprint density at radius 1 is 1.45 bits per heavy atom. The molecule has 0 aliphatic carbocycles. The van der Waals surface area contributed by atoms with E-state index in [1.54, 1.807) is 0 Å². The van der Waals surface area contributed by atoms with Crippen LogP contribution in [0.5, 0.6) is 0 Å². The minimum atomic E-state index is 0.231. The molecule has 1 heterocycles. The molecule has 4 heteroatoms. The van der Waals surface area contributed by atoms with Gasteiger partial charge in [0.1, 0.15) is 0 Å². The van der Waals surface area contributed by atoms with E-state index in [4.69, 9.17) is 5.73 Å². The number of hydrogen-bond acceptors (Lipinski definition) is 3. The maximum atomic E-state index is 12.2. The zero-order valence-electron chi connectivity index (χ0n) is 12.4. The quantitative estimate of drug-likeness (QED) is 0.864. The molecule has 1 aliphatic heterocycles. The largest absolute Gasteiger partial charge is 0.384 e. The van der Waals surface area contributed by atoms with Crippen molar-refractivity contribution in [1.82, 2.24) is 4.90 Å². The minimum Gasteiger partial charge on any atom is -0.384 e. The van der Waals surface area contributed by atoms with Gasteiger partial charge in [0.15, 0.2) is 0 Å². The highest BCUT2D eigenvalue weighted by Gasteiger charge is 2.30. The molecule has 110 valence electrons. The maximum Gasteiger partial charge on any atom is 0.224 e. The van der Waals surface area contributed by atoms with Crippen molar-refractivity contribution < 1.29 is 4.79 Å². The molecular formula is C16H25N3O. The molecule has 1 aromatic rings. The molecular weight excluding hydrogens is 250 g/mol. The Morgan fingerprint density at radius 2 is 2.20 bits per heavy atom. The molecule has 4 nitrogen and oxygen atoms in total. The third-order valence-corrected chi connectivity index (χ3v) is 4.11. The predicted molar refractivity (Wildman–Crippen MR) is 82.6 cm³/mol. The molecule has 0 saturated carbocycles. The monoisotopic (exact) mass is 275 g/mol. The number of aryl methyl sites for hydroxylation is 1. The van der Waals surface area contributed by atoms with E-state index in [1.807, 2.05) is 23.1 Å². The van der Waals surface area contributed by atoms with Gasteiger partial charge in [-0.05, 0) is 44.4 Å². The van der Waals surface area contributed by atoms with Gasteiger partial charge >= 0.3 is 0 Å². The van der Waals surface area contributed by atoms with Gasteiger partial charge in [-0.15, -0.1) is 0 Å². The molecule has 1 amide bonds. The van der Waals surface area contributed by atoms with Crippen molar-refractivity contribution in [3.05, 3.63) is 29.8 Å². The van der Waals surface area contributed by atoms with Gasteiger partial charge in [0.25, 0.3) is 0 Å². The zero-order chi connectivity index (χ0) is 14.5. The summed E-state index contributed by atoms with van der Waals surface area (Å²) in [6.45, 7) is 6.36. The van der Waals surface area contributed by atoms with Gasteiger partial charge in [-0.1, -0.05) is 18.2 Å². The summed E-state index contributed by atoms with van der Waals surface area (Å²) < 4.78 is 0. The number of anilines is 1. The number of rotatable bonds is 5. The Morgan fingerprint density at radius 3 is 2.85 bits per heavy atom. The summed E-state index contributed by atoms with van der Waals surface area (Å²) in [4.78, 5) is 14.2. The molecule has 1 saturated heterocycles. The van der Waals surface area contributed by atoms with Crippen molar-refractivity contribution in [3.8, 4) is 0 Å². The Balaban J connectivity index is 1.80. The number of likely N-dealkylation sites (tertiary alicyclic amines) is 1. The fourth-order valence-corrected chi connectivity index (χ4v) is 2.88. The number of nitrogens with one attached hydrogen (secondary N) is 1. The highest BCUT2D eigenvalue weighted by atomic mass is 16.2. The first kappa shape index (κ1) is 14.9. The zero-order valence-corrected chi connectivity index (χ0v) is 12.4. The van der Waals surface area contributed by atoms with Crippen LogP contribution in [0.2, 0.25) is 0 Å². The van der Waals surface area contributed by atoms with Gasteiger partial charge in [0.2, 0.25) is 5.91 Å². The van der Waals surface area contributed by atoms with Gasteiger partial charge in [-0.2, -0.15) is 0 Å². The van der Waals surface area contributed by atoms with E-state index >= 15 is 0 Å². The van der Waals surface area contributed by atoms with Gasteiger partial charge < -0.3 is 16.0 Å². The highest BCUT2D eigenvalue weighted by molar-refractivity contribution is 5.77. The van der Waals surface area contributed by atoms with Crippen LogP contribution in [0.3, 0.4) is 0 Å². The molecule has 3 N–H and O–H groups in total. The Bertz CT molecular complexity index is 461. The fraction of sp³-hybridized carbons (Fsp3) is 0.562. The topological polar surface area (TPSA) is 58.4 Å². The first-order valence-corrected chi connectivity index (χ1v) is 7.41. The first-order valence-electron chi connectivity index (χ1n) is 7.41. The molecule has 1 aromatic carbocycles. The fourth-order valence-electron chi connectivity index (χ4n) is 2.88. The lowest BCUT2D eigenvalue weighted by atomic mass is 10.1. The van der Waals surface area contributed by atoms with E-state index < -0.39 is 0 Å². The first-order chi connectivity index (χ1) is 9.61.